The highest BCUT2D eigenvalue weighted by atomic mass is 14.6. The predicted octanol–water partition coefficient (Wildman–Crippen LogP) is 8.21. The number of fused-ring (bicyclic) bond motifs is 3. The van der Waals surface area contributed by atoms with Gasteiger partial charge in [-0.15, -0.1) is 0 Å². The van der Waals surface area contributed by atoms with E-state index in [-0.39, 0.29) is 5.41 Å². The van der Waals surface area contributed by atoms with Gasteiger partial charge in [0, 0.05) is 16.6 Å². The van der Waals surface area contributed by atoms with E-state index in [1.165, 1.54) is 32.8 Å². The highest BCUT2D eigenvalue weighted by Gasteiger charge is 2.16. The standard InChI is InChI=1S/C30H27N/c1-30(2,3)23-16-13-20(14-17-23)22-15-18-25-24-11-7-8-12-26(24)29(31)28(27(25)19-22)21-9-5-4-6-10-21/h4-19H,31H2,1-3H3. The van der Waals surface area contributed by atoms with Crippen molar-refractivity contribution in [2.75, 3.05) is 5.73 Å². The molecule has 5 rings (SSSR count). The van der Waals surface area contributed by atoms with Crippen LogP contribution >= 0.6 is 0 Å². The summed E-state index contributed by atoms with van der Waals surface area (Å²) < 4.78 is 0. The van der Waals surface area contributed by atoms with Crippen molar-refractivity contribution in [3.05, 3.63) is 103 Å². The molecule has 0 aliphatic heterocycles. The second-order valence-corrected chi connectivity index (χ2v) is 9.29. The number of nitrogen functional groups attached to an aromatic ring is 1. The molecule has 0 spiro atoms. The van der Waals surface area contributed by atoms with E-state index >= 15 is 0 Å². The number of hydrogen-bond donors (Lipinski definition) is 1. The van der Waals surface area contributed by atoms with E-state index in [0.29, 0.717) is 0 Å². The third kappa shape index (κ3) is 3.37. The molecule has 5 aromatic rings. The van der Waals surface area contributed by atoms with Gasteiger partial charge in [0.05, 0.1) is 0 Å². The fourth-order valence-electron chi connectivity index (χ4n) is 4.48. The Balaban J connectivity index is 1.79. The highest BCUT2D eigenvalue weighted by Crippen LogP contribution is 2.42. The highest BCUT2D eigenvalue weighted by molar-refractivity contribution is 6.20. The molecule has 0 bridgehead atoms. The van der Waals surface area contributed by atoms with Crippen LogP contribution in [0.2, 0.25) is 0 Å². The first-order valence-electron chi connectivity index (χ1n) is 10.8. The summed E-state index contributed by atoms with van der Waals surface area (Å²) in [6.07, 6.45) is 0. The molecule has 0 fully saturated rings. The zero-order valence-electron chi connectivity index (χ0n) is 18.3. The Morgan fingerprint density at radius 2 is 1.10 bits per heavy atom. The molecule has 0 unspecified atom stereocenters. The van der Waals surface area contributed by atoms with Crippen LogP contribution < -0.4 is 5.73 Å². The summed E-state index contributed by atoms with van der Waals surface area (Å²) in [7, 11) is 0. The number of nitrogens with two attached hydrogens (primary N) is 1. The molecule has 152 valence electrons. The maximum absolute atomic E-state index is 6.77. The van der Waals surface area contributed by atoms with Crippen molar-refractivity contribution in [1.82, 2.24) is 0 Å². The molecule has 0 amide bonds. The monoisotopic (exact) mass is 401 g/mol. The number of rotatable bonds is 2. The van der Waals surface area contributed by atoms with Gasteiger partial charge in [-0.3, -0.25) is 0 Å². The lowest BCUT2D eigenvalue weighted by atomic mass is 9.85. The van der Waals surface area contributed by atoms with Gasteiger partial charge in [-0.05, 0) is 49.9 Å². The summed E-state index contributed by atoms with van der Waals surface area (Å²) in [5.41, 5.74) is 13.8. The van der Waals surface area contributed by atoms with Crippen molar-refractivity contribution in [3.63, 3.8) is 0 Å². The first-order valence-corrected chi connectivity index (χ1v) is 10.8. The SMILES string of the molecule is CC(C)(C)c1ccc(-c2ccc3c(c2)c(-c2ccccc2)c(N)c2ccccc23)cc1. The molecule has 2 N–H and O–H groups in total. The molecular formula is C30H27N. The first-order chi connectivity index (χ1) is 14.9. The van der Waals surface area contributed by atoms with Crippen molar-refractivity contribution < 1.29 is 0 Å². The minimum atomic E-state index is 0.149. The van der Waals surface area contributed by atoms with Crippen LogP contribution in [0.3, 0.4) is 0 Å². The maximum Gasteiger partial charge on any atom is 0.0479 e. The average molecular weight is 402 g/mol. The van der Waals surface area contributed by atoms with Gasteiger partial charge in [-0.1, -0.05) is 112 Å². The molecule has 1 heteroatoms. The summed E-state index contributed by atoms with van der Waals surface area (Å²) in [5.74, 6) is 0. The van der Waals surface area contributed by atoms with Crippen LogP contribution in [0.15, 0.2) is 97.1 Å². The Morgan fingerprint density at radius 3 is 1.77 bits per heavy atom. The van der Waals surface area contributed by atoms with Gasteiger partial charge in [0.1, 0.15) is 0 Å². The Hall–Kier alpha value is -3.58. The Kier molecular flexibility index (Phi) is 4.55. The zero-order valence-corrected chi connectivity index (χ0v) is 18.3. The minimum absolute atomic E-state index is 0.149. The molecule has 0 radical (unpaired) electrons. The Labute approximate surface area is 184 Å². The van der Waals surface area contributed by atoms with Gasteiger partial charge in [-0.25, -0.2) is 0 Å². The van der Waals surface area contributed by atoms with Crippen molar-refractivity contribution in [3.8, 4) is 22.3 Å². The van der Waals surface area contributed by atoms with E-state index in [2.05, 4.69) is 112 Å². The quantitative estimate of drug-likeness (QED) is 0.234. The molecule has 0 saturated carbocycles. The number of benzene rings is 5. The maximum atomic E-state index is 6.77. The molecule has 0 aromatic heterocycles. The summed E-state index contributed by atoms with van der Waals surface area (Å²) in [4.78, 5) is 0. The Bertz CT molecular complexity index is 1390. The smallest absolute Gasteiger partial charge is 0.0479 e. The van der Waals surface area contributed by atoms with Crippen molar-refractivity contribution >= 4 is 27.2 Å². The summed E-state index contributed by atoms with van der Waals surface area (Å²) >= 11 is 0. The van der Waals surface area contributed by atoms with E-state index < -0.39 is 0 Å². The zero-order chi connectivity index (χ0) is 21.6. The summed E-state index contributed by atoms with van der Waals surface area (Å²) in [5, 5.41) is 4.74. The normalized spacial score (nSPS) is 11.8. The van der Waals surface area contributed by atoms with Gasteiger partial charge in [0.2, 0.25) is 0 Å². The second-order valence-electron chi connectivity index (χ2n) is 9.29. The lowest BCUT2D eigenvalue weighted by Crippen LogP contribution is -2.10. The minimum Gasteiger partial charge on any atom is -0.398 e. The molecular weight excluding hydrogens is 374 g/mol. The molecule has 31 heavy (non-hydrogen) atoms. The third-order valence-corrected chi connectivity index (χ3v) is 6.21. The van der Waals surface area contributed by atoms with Crippen LogP contribution in [-0.4, -0.2) is 0 Å². The topological polar surface area (TPSA) is 26.0 Å². The van der Waals surface area contributed by atoms with E-state index in [4.69, 9.17) is 5.73 Å². The van der Waals surface area contributed by atoms with Gasteiger partial charge in [-0.2, -0.15) is 0 Å². The number of anilines is 1. The number of hydrogen-bond acceptors (Lipinski definition) is 1. The summed E-state index contributed by atoms with van der Waals surface area (Å²) in [6, 6.07) is 34.6. The van der Waals surface area contributed by atoms with Crippen molar-refractivity contribution in [1.29, 1.82) is 0 Å². The Morgan fingerprint density at radius 1 is 0.516 bits per heavy atom. The van der Waals surface area contributed by atoms with Crippen molar-refractivity contribution in [2.45, 2.75) is 26.2 Å². The fourth-order valence-corrected chi connectivity index (χ4v) is 4.48. The van der Waals surface area contributed by atoms with Gasteiger partial charge < -0.3 is 5.73 Å². The van der Waals surface area contributed by atoms with Crippen LogP contribution in [0.1, 0.15) is 26.3 Å². The van der Waals surface area contributed by atoms with Crippen LogP contribution in [0, 0.1) is 0 Å². The summed E-state index contributed by atoms with van der Waals surface area (Å²) in [6.45, 7) is 6.74. The molecule has 0 atom stereocenters. The lowest BCUT2D eigenvalue weighted by Gasteiger charge is -2.19. The fraction of sp³-hybridized carbons (Fsp3) is 0.133. The second kappa shape index (κ2) is 7.28. The average Bonchev–Trinajstić information content (AvgIpc) is 2.79. The molecule has 0 saturated heterocycles. The largest absolute Gasteiger partial charge is 0.398 e. The van der Waals surface area contributed by atoms with Crippen LogP contribution in [0.4, 0.5) is 5.69 Å². The first kappa shape index (κ1) is 19.4. The predicted molar refractivity (Wildman–Crippen MR) is 135 cm³/mol. The van der Waals surface area contributed by atoms with Crippen LogP contribution in [0.5, 0.6) is 0 Å². The lowest BCUT2D eigenvalue weighted by molar-refractivity contribution is 0.590. The molecule has 0 aliphatic rings. The van der Waals surface area contributed by atoms with Gasteiger partial charge in [0.25, 0.3) is 0 Å². The van der Waals surface area contributed by atoms with E-state index in [0.717, 1.165) is 22.2 Å². The third-order valence-electron chi connectivity index (χ3n) is 6.21. The van der Waals surface area contributed by atoms with Gasteiger partial charge in [0.15, 0.2) is 0 Å². The molecule has 0 heterocycles. The van der Waals surface area contributed by atoms with E-state index in [1.807, 2.05) is 6.07 Å². The van der Waals surface area contributed by atoms with Gasteiger partial charge >= 0.3 is 0 Å². The molecule has 0 aliphatic carbocycles. The van der Waals surface area contributed by atoms with Crippen LogP contribution in [-0.2, 0) is 5.41 Å². The molecule has 1 nitrogen and oxygen atoms in total. The van der Waals surface area contributed by atoms with Crippen LogP contribution in [0.25, 0.3) is 43.8 Å². The molecule has 5 aromatic carbocycles. The van der Waals surface area contributed by atoms with E-state index in [1.54, 1.807) is 0 Å². The van der Waals surface area contributed by atoms with E-state index in [9.17, 15) is 0 Å². The van der Waals surface area contributed by atoms with Crippen molar-refractivity contribution in [2.24, 2.45) is 0 Å².